The summed E-state index contributed by atoms with van der Waals surface area (Å²) in [6.45, 7) is 4.18. The molecule has 4 rings (SSSR count). The van der Waals surface area contributed by atoms with Crippen molar-refractivity contribution in [2.45, 2.75) is 31.0 Å². The molecule has 0 unspecified atom stereocenters. The Kier molecular flexibility index (Phi) is 6.04. The Morgan fingerprint density at radius 3 is 2.28 bits per heavy atom. The first-order valence-electron chi connectivity index (χ1n) is 9.89. The summed E-state index contributed by atoms with van der Waals surface area (Å²) in [7, 11) is -3.71. The van der Waals surface area contributed by atoms with Gasteiger partial charge in [-0.2, -0.15) is 4.31 Å². The predicted molar refractivity (Wildman–Crippen MR) is 113 cm³/mol. The first kappa shape index (κ1) is 22.1. The lowest BCUT2D eigenvalue weighted by Crippen LogP contribution is -2.48. The number of anilines is 1. The molecule has 9 nitrogen and oxygen atoms in total. The lowest BCUT2D eigenvalue weighted by atomic mass is 10.2. The third-order valence-electron chi connectivity index (χ3n) is 4.88. The van der Waals surface area contributed by atoms with Crippen molar-refractivity contribution in [2.75, 3.05) is 18.4 Å². The normalized spacial score (nSPS) is 19.6. The molecule has 2 aromatic carbocycles. The number of hydrogen-bond acceptors (Lipinski definition) is 7. The lowest BCUT2D eigenvalue weighted by molar-refractivity contribution is -0.0440. The van der Waals surface area contributed by atoms with Crippen LogP contribution in [0, 0.1) is 5.82 Å². The highest BCUT2D eigenvalue weighted by Crippen LogP contribution is 2.23. The second-order valence-electron chi connectivity index (χ2n) is 7.48. The molecule has 1 N–H and O–H groups in total. The van der Waals surface area contributed by atoms with E-state index in [1.165, 1.54) is 52.8 Å². The molecule has 3 aromatic rings. The highest BCUT2D eigenvalue weighted by atomic mass is 32.2. The molecule has 2 atom stereocenters. The van der Waals surface area contributed by atoms with E-state index in [9.17, 15) is 17.6 Å². The Balaban J connectivity index is 1.45. The number of benzene rings is 2. The van der Waals surface area contributed by atoms with Crippen molar-refractivity contribution in [3.05, 3.63) is 59.9 Å². The zero-order valence-electron chi connectivity index (χ0n) is 17.4. The second kappa shape index (κ2) is 8.77. The van der Waals surface area contributed by atoms with Gasteiger partial charge >= 0.3 is 6.01 Å². The van der Waals surface area contributed by atoms with Crippen LogP contribution in [0.2, 0.25) is 0 Å². The third kappa shape index (κ3) is 4.69. The Bertz CT molecular complexity index is 1200. The summed E-state index contributed by atoms with van der Waals surface area (Å²) in [5.74, 6) is -0.822. The lowest BCUT2D eigenvalue weighted by Gasteiger charge is -2.34. The summed E-state index contributed by atoms with van der Waals surface area (Å²) in [5, 5.41) is 10.0. The van der Waals surface area contributed by atoms with E-state index in [0.29, 0.717) is 5.56 Å². The number of hydrogen-bond donors (Lipinski definition) is 1. The largest absolute Gasteiger partial charge is 0.403 e. The average Bonchev–Trinajstić information content (AvgIpc) is 3.22. The fourth-order valence-electron chi connectivity index (χ4n) is 3.41. The molecule has 1 aliphatic rings. The number of carbonyl (C=O) groups is 1. The van der Waals surface area contributed by atoms with E-state index in [1.54, 1.807) is 0 Å². The molecule has 11 heteroatoms. The Morgan fingerprint density at radius 1 is 1.03 bits per heavy atom. The third-order valence-corrected chi connectivity index (χ3v) is 6.72. The molecule has 1 amide bonds. The maximum absolute atomic E-state index is 13.0. The summed E-state index contributed by atoms with van der Waals surface area (Å²) in [6.07, 6.45) is -0.402. The number of nitrogens with zero attached hydrogens (tertiary/aromatic N) is 3. The summed E-state index contributed by atoms with van der Waals surface area (Å²) in [6, 6.07) is 10.9. The van der Waals surface area contributed by atoms with Crippen LogP contribution in [-0.2, 0) is 14.8 Å². The Hall–Kier alpha value is -3.15. The van der Waals surface area contributed by atoms with Crippen molar-refractivity contribution in [2.24, 2.45) is 0 Å². The van der Waals surface area contributed by atoms with Crippen LogP contribution >= 0.6 is 0 Å². The van der Waals surface area contributed by atoms with Gasteiger partial charge < -0.3 is 9.15 Å². The fraction of sp³-hybridized carbons (Fsp3) is 0.286. The Labute approximate surface area is 184 Å². The van der Waals surface area contributed by atoms with Crippen LogP contribution in [-0.4, -0.2) is 54.1 Å². The highest BCUT2D eigenvalue weighted by Gasteiger charge is 2.32. The molecule has 0 saturated carbocycles. The van der Waals surface area contributed by atoms with Crippen molar-refractivity contribution >= 4 is 21.9 Å². The molecule has 0 aliphatic carbocycles. The van der Waals surface area contributed by atoms with Gasteiger partial charge in [-0.05, 0) is 62.4 Å². The average molecular weight is 460 g/mol. The molecule has 32 heavy (non-hydrogen) atoms. The molecule has 168 valence electrons. The van der Waals surface area contributed by atoms with Crippen LogP contribution in [0.3, 0.4) is 0 Å². The van der Waals surface area contributed by atoms with Gasteiger partial charge in [0.2, 0.25) is 15.9 Å². The maximum Gasteiger partial charge on any atom is 0.322 e. The molecule has 1 aliphatic heterocycles. The van der Waals surface area contributed by atoms with Gasteiger partial charge in [-0.15, -0.1) is 5.10 Å². The number of amides is 1. The van der Waals surface area contributed by atoms with Gasteiger partial charge in [-0.1, -0.05) is 5.10 Å². The van der Waals surface area contributed by atoms with Crippen molar-refractivity contribution in [1.29, 1.82) is 0 Å². The van der Waals surface area contributed by atoms with Gasteiger partial charge in [0.25, 0.3) is 5.91 Å². The number of carbonyl (C=O) groups excluding carboxylic acids is 1. The minimum Gasteiger partial charge on any atom is -0.403 e. The van der Waals surface area contributed by atoms with Crippen LogP contribution in [0.15, 0.2) is 57.8 Å². The molecule has 1 fully saturated rings. The molecule has 2 heterocycles. The van der Waals surface area contributed by atoms with Gasteiger partial charge in [0.15, 0.2) is 0 Å². The zero-order chi connectivity index (χ0) is 22.9. The van der Waals surface area contributed by atoms with Crippen LogP contribution < -0.4 is 5.32 Å². The van der Waals surface area contributed by atoms with Crippen LogP contribution in [0.4, 0.5) is 10.4 Å². The smallest absolute Gasteiger partial charge is 0.322 e. The predicted octanol–water partition coefficient (Wildman–Crippen LogP) is 2.93. The summed E-state index contributed by atoms with van der Waals surface area (Å²) in [5.41, 5.74) is 0.718. The molecule has 1 saturated heterocycles. The fourth-order valence-corrected chi connectivity index (χ4v) is 5.00. The van der Waals surface area contributed by atoms with Gasteiger partial charge in [0, 0.05) is 24.2 Å². The first-order chi connectivity index (χ1) is 15.2. The van der Waals surface area contributed by atoms with Crippen molar-refractivity contribution < 1.29 is 26.8 Å². The van der Waals surface area contributed by atoms with Crippen molar-refractivity contribution in [3.63, 3.8) is 0 Å². The number of ether oxygens (including phenoxy) is 1. The van der Waals surface area contributed by atoms with Crippen molar-refractivity contribution in [3.8, 4) is 11.5 Å². The molecule has 0 spiro atoms. The molecular weight excluding hydrogens is 439 g/mol. The molecular formula is C21H21FN4O5S. The van der Waals surface area contributed by atoms with E-state index in [1.807, 2.05) is 13.8 Å². The zero-order valence-corrected chi connectivity index (χ0v) is 18.2. The van der Waals surface area contributed by atoms with E-state index in [-0.39, 0.29) is 47.7 Å². The number of morpholine rings is 1. The standard InChI is InChI=1S/C21H21FN4O5S/c1-13-11-26(12-14(2)30-13)32(28,29)18-9-5-15(6-10-18)19(27)23-21-25-24-20(31-21)16-3-7-17(22)8-4-16/h3-10,13-14H,11-12H2,1-2H3,(H,23,25,27)/t13-,14+. The Morgan fingerprint density at radius 2 is 1.66 bits per heavy atom. The van der Waals surface area contributed by atoms with E-state index < -0.39 is 21.7 Å². The maximum atomic E-state index is 13.0. The topological polar surface area (TPSA) is 115 Å². The number of halogens is 1. The quantitative estimate of drug-likeness (QED) is 0.623. The molecule has 0 radical (unpaired) electrons. The number of nitrogens with one attached hydrogen (secondary N) is 1. The van der Waals surface area contributed by atoms with Crippen LogP contribution in [0.1, 0.15) is 24.2 Å². The van der Waals surface area contributed by atoms with Crippen LogP contribution in [0.5, 0.6) is 0 Å². The van der Waals surface area contributed by atoms with Gasteiger partial charge in [0.1, 0.15) is 5.82 Å². The number of sulfonamides is 1. The van der Waals surface area contributed by atoms with Crippen LogP contribution in [0.25, 0.3) is 11.5 Å². The minimum atomic E-state index is -3.71. The summed E-state index contributed by atoms with van der Waals surface area (Å²) >= 11 is 0. The van der Waals surface area contributed by atoms with E-state index in [4.69, 9.17) is 9.15 Å². The summed E-state index contributed by atoms with van der Waals surface area (Å²) in [4.78, 5) is 12.6. The van der Waals surface area contributed by atoms with Gasteiger partial charge in [-0.3, -0.25) is 10.1 Å². The van der Waals surface area contributed by atoms with Gasteiger partial charge in [0.05, 0.1) is 17.1 Å². The monoisotopic (exact) mass is 460 g/mol. The SMILES string of the molecule is C[C@@H]1CN(S(=O)(=O)c2ccc(C(=O)Nc3nnc(-c4ccc(F)cc4)o3)cc2)C[C@H](C)O1. The molecule has 0 bridgehead atoms. The van der Waals surface area contributed by atoms with Gasteiger partial charge in [-0.25, -0.2) is 12.8 Å². The van der Waals surface area contributed by atoms with E-state index >= 15 is 0 Å². The second-order valence-corrected chi connectivity index (χ2v) is 9.42. The first-order valence-corrected chi connectivity index (χ1v) is 11.3. The van der Waals surface area contributed by atoms with E-state index in [0.717, 1.165) is 0 Å². The molecule has 1 aromatic heterocycles. The van der Waals surface area contributed by atoms with E-state index in [2.05, 4.69) is 15.5 Å². The van der Waals surface area contributed by atoms with Crippen molar-refractivity contribution in [1.82, 2.24) is 14.5 Å². The summed E-state index contributed by atoms with van der Waals surface area (Å²) < 4.78 is 51.3. The number of rotatable bonds is 5. The minimum absolute atomic E-state index is 0.0896. The number of aromatic nitrogens is 2. The highest BCUT2D eigenvalue weighted by molar-refractivity contribution is 7.89.